The van der Waals surface area contributed by atoms with E-state index in [9.17, 15) is 13.2 Å². The van der Waals surface area contributed by atoms with Crippen LogP contribution in [0.1, 0.15) is 31.6 Å². The van der Waals surface area contributed by atoms with Crippen LogP contribution in [0.2, 0.25) is 0 Å². The topological polar surface area (TPSA) is 85.4 Å². The van der Waals surface area contributed by atoms with Gasteiger partial charge in [0, 0.05) is 24.4 Å². The van der Waals surface area contributed by atoms with Gasteiger partial charge in [0.05, 0.1) is 12.0 Å². The van der Waals surface area contributed by atoms with Gasteiger partial charge in [0.2, 0.25) is 5.91 Å². The highest BCUT2D eigenvalue weighted by atomic mass is 32.2. The van der Waals surface area contributed by atoms with Crippen LogP contribution in [0.15, 0.2) is 53.7 Å². The Bertz CT molecular complexity index is 841. The first-order chi connectivity index (χ1) is 12.2. The summed E-state index contributed by atoms with van der Waals surface area (Å²) >= 11 is 0. The van der Waals surface area contributed by atoms with Crippen molar-refractivity contribution in [1.29, 1.82) is 0 Å². The second-order valence-corrected chi connectivity index (χ2v) is 9.09. The Hall–Kier alpha value is -2.41. The maximum absolute atomic E-state index is 13.2. The number of sulfone groups is 1. The van der Waals surface area contributed by atoms with Gasteiger partial charge in [0.1, 0.15) is 11.0 Å². The van der Waals surface area contributed by atoms with Crippen LogP contribution in [0.4, 0.5) is 0 Å². The number of pyridine rings is 1. The van der Waals surface area contributed by atoms with Crippen molar-refractivity contribution in [1.82, 2.24) is 10.3 Å². The van der Waals surface area contributed by atoms with E-state index in [-0.39, 0.29) is 17.3 Å². The molecule has 0 saturated carbocycles. The Morgan fingerprint density at radius 1 is 1.19 bits per heavy atom. The number of nitrogens with one attached hydrogen (secondary N) is 1. The van der Waals surface area contributed by atoms with Gasteiger partial charge in [-0.15, -0.1) is 0 Å². The molecule has 2 rings (SSSR count). The van der Waals surface area contributed by atoms with Crippen molar-refractivity contribution in [3.05, 3.63) is 54.4 Å². The van der Waals surface area contributed by atoms with E-state index in [1.54, 1.807) is 51.2 Å². The van der Waals surface area contributed by atoms with Gasteiger partial charge < -0.3 is 10.1 Å². The van der Waals surface area contributed by atoms with E-state index in [1.165, 1.54) is 25.4 Å². The molecule has 0 fully saturated rings. The molecule has 0 spiro atoms. The van der Waals surface area contributed by atoms with Crippen molar-refractivity contribution < 1.29 is 17.9 Å². The number of aromatic nitrogens is 1. The number of nitrogens with zero attached hydrogens (tertiary/aromatic N) is 1. The Morgan fingerprint density at radius 2 is 1.85 bits per heavy atom. The lowest BCUT2D eigenvalue weighted by Gasteiger charge is -2.22. The summed E-state index contributed by atoms with van der Waals surface area (Å²) < 4.78 is 31.4. The number of hydrogen-bond donors (Lipinski definition) is 1. The molecule has 1 unspecified atom stereocenters. The molecule has 1 aromatic carbocycles. The Labute approximate surface area is 154 Å². The molecule has 140 valence electrons. The van der Waals surface area contributed by atoms with Gasteiger partial charge in [0.25, 0.3) is 0 Å². The van der Waals surface area contributed by atoms with E-state index in [2.05, 4.69) is 10.3 Å². The molecule has 1 amide bonds. The average molecular weight is 376 g/mol. The van der Waals surface area contributed by atoms with Crippen molar-refractivity contribution >= 4 is 15.7 Å². The van der Waals surface area contributed by atoms with Crippen molar-refractivity contribution in [2.24, 2.45) is 5.41 Å². The normalized spacial score (nSPS) is 13.1. The fourth-order valence-corrected chi connectivity index (χ4v) is 4.00. The van der Waals surface area contributed by atoms with Gasteiger partial charge in [-0.2, -0.15) is 0 Å². The number of ether oxygens (including phenoxy) is 1. The Balaban J connectivity index is 2.37. The summed E-state index contributed by atoms with van der Waals surface area (Å²) in [7, 11) is -2.21. The summed E-state index contributed by atoms with van der Waals surface area (Å²) in [5.41, 5.74) is -0.0823. The second-order valence-electron chi connectivity index (χ2n) is 6.96. The standard InChI is InChI=1S/C19H24N2O4S/c1-19(2,3)18(22)21-13-17(14-6-5-11-20-12-14)26(23,24)16-9-7-15(25-4)8-10-16/h5-12,17H,13H2,1-4H3,(H,21,22). The SMILES string of the molecule is COc1ccc(S(=O)(=O)C(CNC(=O)C(C)(C)C)c2cccnc2)cc1. The smallest absolute Gasteiger partial charge is 0.225 e. The van der Waals surface area contributed by atoms with Crippen LogP contribution in [-0.2, 0) is 14.6 Å². The monoisotopic (exact) mass is 376 g/mol. The fraction of sp³-hybridized carbons (Fsp3) is 0.368. The van der Waals surface area contributed by atoms with Crippen LogP contribution < -0.4 is 10.1 Å². The van der Waals surface area contributed by atoms with Gasteiger partial charge in [0.15, 0.2) is 9.84 Å². The predicted molar refractivity (Wildman–Crippen MR) is 99.6 cm³/mol. The summed E-state index contributed by atoms with van der Waals surface area (Å²) in [6, 6.07) is 9.58. The minimum Gasteiger partial charge on any atom is -0.497 e. The minimum absolute atomic E-state index is 0.0316. The first-order valence-corrected chi connectivity index (χ1v) is 9.77. The summed E-state index contributed by atoms with van der Waals surface area (Å²) in [5, 5.41) is 1.81. The highest BCUT2D eigenvalue weighted by molar-refractivity contribution is 7.91. The molecular weight excluding hydrogens is 352 g/mol. The molecule has 0 aliphatic rings. The molecule has 1 heterocycles. The summed E-state index contributed by atoms with van der Waals surface area (Å²) in [5.74, 6) is 0.360. The van der Waals surface area contributed by atoms with Crippen molar-refractivity contribution in [2.45, 2.75) is 30.9 Å². The molecule has 1 atom stereocenters. The van der Waals surface area contributed by atoms with Gasteiger partial charge in [-0.25, -0.2) is 8.42 Å². The quantitative estimate of drug-likeness (QED) is 0.838. The number of hydrogen-bond acceptors (Lipinski definition) is 5. The molecule has 0 aliphatic carbocycles. The molecule has 26 heavy (non-hydrogen) atoms. The second kappa shape index (κ2) is 7.86. The molecule has 0 saturated heterocycles. The Morgan fingerprint density at radius 3 is 2.35 bits per heavy atom. The highest BCUT2D eigenvalue weighted by Crippen LogP contribution is 2.29. The highest BCUT2D eigenvalue weighted by Gasteiger charge is 2.31. The molecule has 1 aromatic heterocycles. The lowest BCUT2D eigenvalue weighted by molar-refractivity contribution is -0.128. The number of benzene rings is 1. The summed E-state index contributed by atoms with van der Waals surface area (Å²) in [4.78, 5) is 16.4. The third-order valence-electron chi connectivity index (χ3n) is 3.95. The zero-order valence-electron chi connectivity index (χ0n) is 15.4. The van der Waals surface area contributed by atoms with E-state index in [1.807, 2.05) is 0 Å². The van der Waals surface area contributed by atoms with Crippen molar-refractivity contribution in [2.75, 3.05) is 13.7 Å². The molecule has 0 aliphatic heterocycles. The summed E-state index contributed by atoms with van der Waals surface area (Å²) in [6.07, 6.45) is 3.09. The third kappa shape index (κ3) is 4.60. The van der Waals surface area contributed by atoms with Gasteiger partial charge in [-0.1, -0.05) is 26.8 Å². The van der Waals surface area contributed by atoms with Crippen LogP contribution in [-0.4, -0.2) is 33.0 Å². The summed E-state index contributed by atoms with van der Waals surface area (Å²) in [6.45, 7) is 5.30. The zero-order valence-corrected chi connectivity index (χ0v) is 16.2. The lowest BCUT2D eigenvalue weighted by atomic mass is 9.95. The molecule has 7 heteroatoms. The molecular formula is C19H24N2O4S. The third-order valence-corrected chi connectivity index (χ3v) is 6.07. The lowest BCUT2D eigenvalue weighted by Crippen LogP contribution is -2.38. The first kappa shape index (κ1) is 19.9. The average Bonchev–Trinajstić information content (AvgIpc) is 2.61. The van der Waals surface area contributed by atoms with Crippen LogP contribution in [0, 0.1) is 5.41 Å². The van der Waals surface area contributed by atoms with E-state index < -0.39 is 20.5 Å². The minimum atomic E-state index is -3.73. The van der Waals surface area contributed by atoms with E-state index in [4.69, 9.17) is 4.74 Å². The van der Waals surface area contributed by atoms with Crippen LogP contribution >= 0.6 is 0 Å². The fourth-order valence-electron chi connectivity index (χ4n) is 2.35. The van der Waals surface area contributed by atoms with E-state index in [0.717, 1.165) is 0 Å². The number of rotatable bonds is 6. The van der Waals surface area contributed by atoms with Crippen molar-refractivity contribution in [3.63, 3.8) is 0 Å². The number of methoxy groups -OCH3 is 1. The van der Waals surface area contributed by atoms with E-state index >= 15 is 0 Å². The zero-order chi connectivity index (χ0) is 19.4. The van der Waals surface area contributed by atoms with Gasteiger partial charge in [-0.3, -0.25) is 9.78 Å². The number of carbonyl (C=O) groups excluding carboxylic acids is 1. The molecule has 1 N–H and O–H groups in total. The largest absolute Gasteiger partial charge is 0.497 e. The van der Waals surface area contributed by atoms with E-state index in [0.29, 0.717) is 11.3 Å². The molecule has 2 aromatic rings. The van der Waals surface area contributed by atoms with Gasteiger partial charge in [-0.05, 0) is 35.9 Å². The maximum atomic E-state index is 13.2. The predicted octanol–water partition coefficient (Wildman–Crippen LogP) is 2.77. The van der Waals surface area contributed by atoms with Crippen LogP contribution in [0.3, 0.4) is 0 Å². The number of amides is 1. The van der Waals surface area contributed by atoms with Gasteiger partial charge >= 0.3 is 0 Å². The van der Waals surface area contributed by atoms with Crippen LogP contribution in [0.25, 0.3) is 0 Å². The van der Waals surface area contributed by atoms with Crippen molar-refractivity contribution in [3.8, 4) is 5.75 Å². The molecule has 6 nitrogen and oxygen atoms in total. The molecule has 0 radical (unpaired) electrons. The number of carbonyl (C=O) groups is 1. The maximum Gasteiger partial charge on any atom is 0.225 e. The first-order valence-electron chi connectivity index (χ1n) is 8.22. The molecule has 0 bridgehead atoms. The Kier molecular flexibility index (Phi) is 6.02. The van der Waals surface area contributed by atoms with Crippen LogP contribution in [0.5, 0.6) is 5.75 Å².